The van der Waals surface area contributed by atoms with Crippen molar-refractivity contribution >= 4 is 23.4 Å². The van der Waals surface area contributed by atoms with Gasteiger partial charge in [-0.3, -0.25) is 0 Å². The lowest BCUT2D eigenvalue weighted by Gasteiger charge is -2.27. The molecule has 168 valence electrons. The number of H-pyrrole nitrogens is 1. The Balaban J connectivity index is 0.00000272. The second kappa shape index (κ2) is 8.31. The molecule has 0 saturated carbocycles. The number of fused-ring (bicyclic) bond motifs is 1. The number of piperidine rings is 1. The highest BCUT2D eigenvalue weighted by atomic mass is 35.5. The molecular formula is C20H19ClF6N4. The van der Waals surface area contributed by atoms with Crippen molar-refractivity contribution < 1.29 is 26.3 Å². The van der Waals surface area contributed by atoms with Crippen LogP contribution in [0.1, 0.15) is 42.6 Å². The first kappa shape index (κ1) is 23.3. The lowest BCUT2D eigenvalue weighted by Crippen LogP contribution is -2.35. The summed E-state index contributed by atoms with van der Waals surface area (Å²) in [5.74, 6) is 0.392. The van der Waals surface area contributed by atoms with Crippen molar-refractivity contribution in [2.75, 3.05) is 6.54 Å². The van der Waals surface area contributed by atoms with Gasteiger partial charge in [-0.2, -0.15) is 26.3 Å². The number of nitrogens with one attached hydrogen (secondary N) is 2. The van der Waals surface area contributed by atoms with Crippen LogP contribution < -0.4 is 5.32 Å². The SMILES string of the molecule is CC1CC(c2nc(-c3cc(C(F)(F)F)cc(C(F)(F)F)c3)c3[nH]ccc3n2)CCN1.Cl. The monoisotopic (exact) mass is 464 g/mol. The van der Waals surface area contributed by atoms with E-state index in [2.05, 4.69) is 20.3 Å². The summed E-state index contributed by atoms with van der Waals surface area (Å²) in [6, 6.07) is 3.36. The third kappa shape index (κ3) is 4.79. The molecular weight excluding hydrogens is 446 g/mol. The number of hydrogen-bond acceptors (Lipinski definition) is 3. The molecule has 0 radical (unpaired) electrons. The quantitative estimate of drug-likeness (QED) is 0.461. The van der Waals surface area contributed by atoms with Crippen molar-refractivity contribution in [3.05, 3.63) is 47.4 Å². The zero-order valence-corrected chi connectivity index (χ0v) is 17.0. The van der Waals surface area contributed by atoms with Gasteiger partial charge in [0.2, 0.25) is 0 Å². The molecule has 2 N–H and O–H groups in total. The van der Waals surface area contributed by atoms with Crippen LogP contribution in [0, 0.1) is 0 Å². The second-order valence-electron chi connectivity index (χ2n) is 7.54. The molecule has 3 aromatic rings. The van der Waals surface area contributed by atoms with E-state index in [1.165, 1.54) is 6.20 Å². The fourth-order valence-corrected chi connectivity index (χ4v) is 3.81. The number of nitrogens with zero attached hydrogens (tertiary/aromatic N) is 2. The Morgan fingerprint density at radius 2 is 1.61 bits per heavy atom. The van der Waals surface area contributed by atoms with E-state index < -0.39 is 23.5 Å². The summed E-state index contributed by atoms with van der Waals surface area (Å²) in [5.41, 5.74) is -2.22. The van der Waals surface area contributed by atoms with Crippen molar-refractivity contribution in [3.63, 3.8) is 0 Å². The topological polar surface area (TPSA) is 53.6 Å². The maximum absolute atomic E-state index is 13.3. The fourth-order valence-electron chi connectivity index (χ4n) is 3.81. The molecule has 0 amide bonds. The molecule has 1 aliphatic rings. The molecule has 11 heteroatoms. The fraction of sp³-hybridized carbons (Fsp3) is 0.400. The third-order valence-corrected chi connectivity index (χ3v) is 5.27. The summed E-state index contributed by atoms with van der Waals surface area (Å²) >= 11 is 0. The highest BCUT2D eigenvalue weighted by molar-refractivity contribution is 5.89. The molecule has 31 heavy (non-hydrogen) atoms. The van der Waals surface area contributed by atoms with E-state index in [0.717, 1.165) is 19.4 Å². The number of aromatic amines is 1. The molecule has 2 unspecified atom stereocenters. The largest absolute Gasteiger partial charge is 0.416 e. The van der Waals surface area contributed by atoms with Gasteiger partial charge < -0.3 is 10.3 Å². The first-order chi connectivity index (χ1) is 14.0. The van der Waals surface area contributed by atoms with Gasteiger partial charge in [-0.05, 0) is 50.6 Å². The molecule has 2 aromatic heterocycles. The molecule has 1 saturated heterocycles. The molecule has 1 fully saturated rings. The number of rotatable bonds is 2. The first-order valence-electron chi connectivity index (χ1n) is 9.40. The predicted octanol–water partition coefficient (Wildman–Crippen LogP) is 5.94. The Morgan fingerprint density at radius 3 is 2.19 bits per heavy atom. The zero-order chi connectivity index (χ0) is 21.7. The number of halogens is 7. The van der Waals surface area contributed by atoms with Crippen LogP contribution in [0.5, 0.6) is 0 Å². The molecule has 0 bridgehead atoms. The highest BCUT2D eigenvalue weighted by Crippen LogP contribution is 2.40. The summed E-state index contributed by atoms with van der Waals surface area (Å²) in [7, 11) is 0. The van der Waals surface area contributed by atoms with Crippen molar-refractivity contribution in [2.24, 2.45) is 0 Å². The predicted molar refractivity (Wildman–Crippen MR) is 106 cm³/mol. The minimum Gasteiger partial charge on any atom is -0.358 e. The van der Waals surface area contributed by atoms with Crippen molar-refractivity contribution in [3.8, 4) is 11.3 Å². The van der Waals surface area contributed by atoms with Crippen LogP contribution in [0.2, 0.25) is 0 Å². The van der Waals surface area contributed by atoms with E-state index in [9.17, 15) is 26.3 Å². The average molecular weight is 465 g/mol. The van der Waals surface area contributed by atoms with Crippen molar-refractivity contribution in [2.45, 2.75) is 44.1 Å². The van der Waals surface area contributed by atoms with Gasteiger partial charge in [-0.15, -0.1) is 12.4 Å². The summed E-state index contributed by atoms with van der Waals surface area (Å²) in [6.07, 6.45) is -6.85. The van der Waals surface area contributed by atoms with E-state index in [1.54, 1.807) is 6.07 Å². The minimum atomic E-state index is -4.93. The molecule has 4 rings (SSSR count). The Kier molecular flexibility index (Phi) is 6.25. The van der Waals surface area contributed by atoms with Crippen LogP contribution >= 0.6 is 12.4 Å². The van der Waals surface area contributed by atoms with E-state index in [0.29, 0.717) is 29.0 Å². The number of benzene rings is 1. The van der Waals surface area contributed by atoms with Crippen molar-refractivity contribution in [1.29, 1.82) is 0 Å². The van der Waals surface area contributed by atoms with Gasteiger partial charge in [-0.25, -0.2) is 9.97 Å². The van der Waals surface area contributed by atoms with E-state index >= 15 is 0 Å². The second-order valence-corrected chi connectivity index (χ2v) is 7.54. The normalized spacial score (nSPS) is 20.0. The summed E-state index contributed by atoms with van der Waals surface area (Å²) in [4.78, 5) is 11.8. The van der Waals surface area contributed by atoms with Gasteiger partial charge in [0.25, 0.3) is 0 Å². The Hall–Kier alpha value is -2.33. The standard InChI is InChI=1S/C20H18F6N4.ClH/c1-10-6-11(2-4-27-10)18-29-15-3-5-28-17(15)16(30-18)12-7-13(19(21,22)23)9-14(8-12)20(24,25)26;/h3,5,7-11,27-28H,2,4,6H2,1H3;1H. The molecule has 1 aliphatic heterocycles. The van der Waals surface area contributed by atoms with E-state index in [4.69, 9.17) is 0 Å². The molecule has 0 spiro atoms. The summed E-state index contributed by atoms with van der Waals surface area (Å²) in [6.45, 7) is 2.74. The minimum absolute atomic E-state index is 0. The van der Waals surface area contributed by atoms with Crippen molar-refractivity contribution in [1.82, 2.24) is 20.3 Å². The maximum atomic E-state index is 13.3. The number of alkyl halides is 6. The lowest BCUT2D eigenvalue weighted by molar-refractivity contribution is -0.143. The van der Waals surface area contributed by atoms with Crippen LogP contribution in [0.3, 0.4) is 0 Å². The molecule has 4 nitrogen and oxygen atoms in total. The molecule has 2 atom stereocenters. The molecule has 0 aliphatic carbocycles. The van der Waals surface area contributed by atoms with Crippen LogP contribution in [0.15, 0.2) is 30.5 Å². The van der Waals surface area contributed by atoms with Crippen LogP contribution in [0.25, 0.3) is 22.3 Å². The van der Waals surface area contributed by atoms with Crippen LogP contribution in [0.4, 0.5) is 26.3 Å². The van der Waals surface area contributed by atoms with E-state index in [-0.39, 0.29) is 41.7 Å². The smallest absolute Gasteiger partial charge is 0.358 e. The summed E-state index contributed by atoms with van der Waals surface area (Å²) in [5, 5.41) is 3.30. The number of aromatic nitrogens is 3. The molecule has 1 aromatic carbocycles. The maximum Gasteiger partial charge on any atom is 0.416 e. The lowest BCUT2D eigenvalue weighted by atomic mass is 9.92. The van der Waals surface area contributed by atoms with Gasteiger partial charge in [-0.1, -0.05) is 0 Å². The molecule has 3 heterocycles. The Morgan fingerprint density at radius 1 is 0.968 bits per heavy atom. The average Bonchev–Trinajstić information content (AvgIpc) is 3.14. The Labute approximate surface area is 179 Å². The van der Waals surface area contributed by atoms with Crippen LogP contribution in [-0.4, -0.2) is 27.5 Å². The third-order valence-electron chi connectivity index (χ3n) is 5.27. The van der Waals surface area contributed by atoms with Gasteiger partial charge in [0.1, 0.15) is 5.82 Å². The first-order valence-corrected chi connectivity index (χ1v) is 9.40. The van der Waals surface area contributed by atoms with E-state index in [1.807, 2.05) is 6.92 Å². The number of hydrogen-bond donors (Lipinski definition) is 2. The van der Waals surface area contributed by atoms with Gasteiger partial charge >= 0.3 is 12.4 Å². The van der Waals surface area contributed by atoms with Gasteiger partial charge in [0.15, 0.2) is 0 Å². The van der Waals surface area contributed by atoms with Crippen LogP contribution in [-0.2, 0) is 12.4 Å². The summed E-state index contributed by atoms with van der Waals surface area (Å²) < 4.78 is 79.8. The van der Waals surface area contributed by atoms with Gasteiger partial charge in [0.05, 0.1) is 27.9 Å². The zero-order valence-electron chi connectivity index (χ0n) is 16.2. The van der Waals surface area contributed by atoms with Gasteiger partial charge in [0, 0.05) is 23.7 Å². The highest BCUT2D eigenvalue weighted by Gasteiger charge is 2.37. The Bertz CT molecular complexity index is 1040.